The maximum absolute atomic E-state index is 13.2. The molecule has 0 bridgehead atoms. The zero-order chi connectivity index (χ0) is 23.3. The highest BCUT2D eigenvalue weighted by Gasteiger charge is 2.14. The number of carbonyl (C=O) groups is 1. The Bertz CT molecular complexity index is 1140. The minimum absolute atomic E-state index is 0.0247. The van der Waals surface area contributed by atoms with E-state index in [0.717, 1.165) is 5.56 Å². The summed E-state index contributed by atoms with van der Waals surface area (Å²) in [5, 5.41) is 13.1. The van der Waals surface area contributed by atoms with Crippen LogP contribution in [0.1, 0.15) is 28.4 Å². The summed E-state index contributed by atoms with van der Waals surface area (Å²) in [5.41, 5.74) is 2.02. The molecule has 2 N–H and O–H groups in total. The minimum Gasteiger partial charge on any atom is -0.490 e. The lowest BCUT2D eigenvalue weighted by Gasteiger charge is -2.16. The largest absolute Gasteiger partial charge is 0.490 e. The van der Waals surface area contributed by atoms with E-state index in [1.54, 1.807) is 24.3 Å². The molecule has 0 radical (unpaired) electrons. The van der Waals surface area contributed by atoms with E-state index < -0.39 is 11.8 Å². The normalized spacial score (nSPS) is 10.7. The molecule has 9 heteroatoms. The summed E-state index contributed by atoms with van der Waals surface area (Å²) in [5.74, 6) is -0.600. The van der Waals surface area contributed by atoms with Gasteiger partial charge in [-0.1, -0.05) is 40.9 Å². The summed E-state index contributed by atoms with van der Waals surface area (Å²) in [6, 6.07) is 12.1. The Labute approximate surface area is 199 Å². The number of carboxylic acid groups (broad SMARTS) is 1. The van der Waals surface area contributed by atoms with Gasteiger partial charge in [-0.25, -0.2) is 9.18 Å². The zero-order valence-electron chi connectivity index (χ0n) is 16.9. The smallest absolute Gasteiger partial charge is 0.337 e. The van der Waals surface area contributed by atoms with Crippen molar-refractivity contribution in [2.75, 3.05) is 11.9 Å². The van der Waals surface area contributed by atoms with Crippen molar-refractivity contribution in [1.29, 1.82) is 0 Å². The van der Waals surface area contributed by atoms with Crippen LogP contribution in [0.3, 0.4) is 0 Å². The number of anilines is 1. The maximum Gasteiger partial charge on any atom is 0.337 e. The van der Waals surface area contributed by atoms with Gasteiger partial charge in [0.25, 0.3) is 0 Å². The van der Waals surface area contributed by atoms with Gasteiger partial charge in [-0.3, -0.25) is 0 Å². The second-order valence-electron chi connectivity index (χ2n) is 6.70. The number of halogens is 4. The van der Waals surface area contributed by atoms with Crippen LogP contribution in [-0.2, 0) is 13.2 Å². The molecule has 0 aliphatic carbocycles. The summed E-state index contributed by atoms with van der Waals surface area (Å²) in [4.78, 5) is 11.1. The first kappa shape index (κ1) is 24.0. The van der Waals surface area contributed by atoms with Crippen molar-refractivity contribution in [3.8, 4) is 11.5 Å². The average Bonchev–Trinajstić information content (AvgIpc) is 2.73. The van der Waals surface area contributed by atoms with Crippen LogP contribution in [-0.4, -0.2) is 17.7 Å². The van der Waals surface area contributed by atoms with Crippen LogP contribution in [0.15, 0.2) is 48.5 Å². The fourth-order valence-electron chi connectivity index (χ4n) is 2.88. The van der Waals surface area contributed by atoms with Crippen molar-refractivity contribution in [2.45, 2.75) is 20.1 Å². The molecule has 0 heterocycles. The van der Waals surface area contributed by atoms with Crippen LogP contribution >= 0.6 is 34.8 Å². The van der Waals surface area contributed by atoms with E-state index in [1.807, 2.05) is 6.92 Å². The molecule has 0 aliphatic rings. The zero-order valence-corrected chi connectivity index (χ0v) is 19.2. The third-order valence-electron chi connectivity index (χ3n) is 4.49. The van der Waals surface area contributed by atoms with Gasteiger partial charge < -0.3 is 19.9 Å². The van der Waals surface area contributed by atoms with E-state index in [-0.39, 0.29) is 22.2 Å². The minimum atomic E-state index is -1.09. The van der Waals surface area contributed by atoms with Gasteiger partial charge in [-0.15, -0.1) is 0 Å². The van der Waals surface area contributed by atoms with Crippen LogP contribution < -0.4 is 14.8 Å². The maximum atomic E-state index is 13.2. The monoisotopic (exact) mass is 497 g/mol. The Morgan fingerprint density at radius 2 is 1.66 bits per heavy atom. The van der Waals surface area contributed by atoms with Gasteiger partial charge in [0, 0.05) is 28.9 Å². The van der Waals surface area contributed by atoms with Crippen molar-refractivity contribution in [1.82, 2.24) is 0 Å². The second-order valence-corrected chi connectivity index (χ2v) is 7.92. The van der Waals surface area contributed by atoms with E-state index in [4.69, 9.17) is 49.4 Å². The molecule has 0 aromatic heterocycles. The molecular formula is C23H19Cl3FNO4. The quantitative estimate of drug-likeness (QED) is 0.330. The number of rotatable bonds is 9. The first-order chi connectivity index (χ1) is 15.3. The highest BCUT2D eigenvalue weighted by atomic mass is 35.5. The summed E-state index contributed by atoms with van der Waals surface area (Å²) in [7, 11) is 0. The molecule has 3 rings (SSSR count). The van der Waals surface area contributed by atoms with Crippen molar-refractivity contribution >= 4 is 46.5 Å². The van der Waals surface area contributed by atoms with Crippen LogP contribution in [0.25, 0.3) is 0 Å². The Morgan fingerprint density at radius 3 is 2.31 bits per heavy atom. The summed E-state index contributed by atoms with van der Waals surface area (Å²) < 4.78 is 24.8. The third kappa shape index (κ3) is 5.97. The molecule has 0 aliphatic heterocycles. The lowest BCUT2D eigenvalue weighted by molar-refractivity contribution is 0.0697. The van der Waals surface area contributed by atoms with Gasteiger partial charge in [0.15, 0.2) is 11.5 Å². The van der Waals surface area contributed by atoms with Gasteiger partial charge >= 0.3 is 5.97 Å². The number of ether oxygens (including phenoxy) is 2. The standard InChI is InChI=1S/C23H19Cl3FNO4/c1-2-31-21-7-14(11-28-16-5-6-17(23(29)30)20(26)9-16)19(25)10-22(21)32-12-13-3-4-15(27)8-18(13)24/h3-10,28H,2,11-12H2,1H3,(H,29,30). The van der Waals surface area contributed by atoms with Gasteiger partial charge in [0.2, 0.25) is 0 Å². The third-order valence-corrected chi connectivity index (χ3v) is 5.51. The summed E-state index contributed by atoms with van der Waals surface area (Å²) in [6.45, 7) is 2.71. The molecule has 0 saturated carbocycles. The highest BCUT2D eigenvalue weighted by molar-refractivity contribution is 6.34. The molecule has 0 unspecified atom stereocenters. The van der Waals surface area contributed by atoms with Gasteiger partial charge in [-0.05, 0) is 48.9 Å². The van der Waals surface area contributed by atoms with Crippen LogP contribution in [0.4, 0.5) is 10.1 Å². The Morgan fingerprint density at radius 1 is 0.938 bits per heavy atom. The molecule has 0 spiro atoms. The number of nitrogens with one attached hydrogen (secondary N) is 1. The van der Waals surface area contributed by atoms with Crippen molar-refractivity contribution in [3.05, 3.63) is 86.1 Å². The molecule has 3 aromatic rings. The van der Waals surface area contributed by atoms with Crippen molar-refractivity contribution in [2.24, 2.45) is 0 Å². The molecule has 0 fully saturated rings. The molecular weight excluding hydrogens is 480 g/mol. The Kier molecular flexibility index (Phi) is 8.07. The van der Waals surface area contributed by atoms with E-state index in [0.29, 0.717) is 40.9 Å². The van der Waals surface area contributed by atoms with Crippen molar-refractivity contribution in [3.63, 3.8) is 0 Å². The first-order valence-electron chi connectivity index (χ1n) is 9.57. The second kappa shape index (κ2) is 10.8. The lowest BCUT2D eigenvalue weighted by Crippen LogP contribution is -2.05. The summed E-state index contributed by atoms with van der Waals surface area (Å²) >= 11 is 18.5. The molecule has 0 saturated heterocycles. The van der Waals surface area contributed by atoms with Crippen LogP contribution in [0.2, 0.25) is 15.1 Å². The number of carboxylic acids is 1. The van der Waals surface area contributed by atoms with Gasteiger partial charge in [-0.2, -0.15) is 0 Å². The molecule has 168 valence electrons. The number of hydrogen-bond acceptors (Lipinski definition) is 4. The number of hydrogen-bond donors (Lipinski definition) is 2. The molecule has 0 amide bonds. The number of benzene rings is 3. The van der Waals surface area contributed by atoms with Crippen molar-refractivity contribution < 1.29 is 23.8 Å². The van der Waals surface area contributed by atoms with Crippen LogP contribution in [0.5, 0.6) is 11.5 Å². The van der Waals surface area contributed by atoms with Gasteiger partial charge in [0.1, 0.15) is 12.4 Å². The Hall–Kier alpha value is -2.67. The fraction of sp³-hybridized carbons (Fsp3) is 0.174. The van der Waals surface area contributed by atoms with Crippen LogP contribution in [0, 0.1) is 5.82 Å². The van der Waals surface area contributed by atoms with E-state index in [9.17, 15) is 9.18 Å². The van der Waals surface area contributed by atoms with E-state index in [2.05, 4.69) is 5.32 Å². The van der Waals surface area contributed by atoms with Gasteiger partial charge in [0.05, 0.1) is 22.2 Å². The Balaban J connectivity index is 1.76. The SMILES string of the molecule is CCOc1cc(CNc2ccc(C(=O)O)c(Cl)c2)c(Cl)cc1OCc1ccc(F)cc1Cl. The highest BCUT2D eigenvalue weighted by Crippen LogP contribution is 2.35. The number of aromatic carboxylic acids is 1. The summed E-state index contributed by atoms with van der Waals surface area (Å²) in [6.07, 6.45) is 0. The molecule has 32 heavy (non-hydrogen) atoms. The lowest BCUT2D eigenvalue weighted by atomic mass is 10.1. The molecule has 0 atom stereocenters. The van der Waals surface area contributed by atoms with E-state index in [1.165, 1.54) is 24.3 Å². The predicted molar refractivity (Wildman–Crippen MR) is 124 cm³/mol. The first-order valence-corrected chi connectivity index (χ1v) is 10.7. The topological polar surface area (TPSA) is 67.8 Å². The predicted octanol–water partition coefficient (Wildman–Crippen LogP) is 7.07. The molecule has 5 nitrogen and oxygen atoms in total. The average molecular weight is 499 g/mol. The van der Waals surface area contributed by atoms with E-state index >= 15 is 0 Å². The molecule has 3 aromatic carbocycles. The fourth-order valence-corrected chi connectivity index (χ4v) is 3.59.